The first-order chi connectivity index (χ1) is 29.7. The molecule has 4 radical (unpaired) electrons. The summed E-state index contributed by atoms with van der Waals surface area (Å²) in [5.41, 5.74) is 1.44. The second-order valence-corrected chi connectivity index (χ2v) is 24.1. The maximum absolute atomic E-state index is 7.21. The van der Waals surface area contributed by atoms with Crippen LogP contribution in [0.25, 0.3) is 0 Å². The molecular weight excluding hydrogens is 793 g/mol. The molecule has 60 heavy (non-hydrogen) atoms. The average Bonchev–Trinajstić information content (AvgIpc) is 3.34. The Hall–Kier alpha value is -5.45. The highest BCUT2D eigenvalue weighted by Crippen LogP contribution is 2.15. The minimum absolute atomic E-state index is 0.293. The number of rotatable bonds is 17. The van der Waals surface area contributed by atoms with Crippen molar-refractivity contribution in [1.29, 1.82) is 0 Å². The van der Waals surface area contributed by atoms with Gasteiger partial charge in [0, 0.05) is 0 Å². The molecule has 0 heterocycles. The van der Waals surface area contributed by atoms with Gasteiger partial charge in [-0.15, -0.1) is 0 Å². The van der Waals surface area contributed by atoms with Gasteiger partial charge in [0.25, 0.3) is 36.2 Å². The van der Waals surface area contributed by atoms with E-state index < -0.39 is 16.6 Å². The summed E-state index contributed by atoms with van der Waals surface area (Å²) in [4.78, 5) is 0. The highest BCUT2D eigenvalue weighted by atomic mass is 28.4. The van der Waals surface area contributed by atoms with E-state index in [1.165, 1.54) is 72.7 Å². The highest BCUT2D eigenvalue weighted by Gasteiger charge is 2.43. The van der Waals surface area contributed by atoms with Gasteiger partial charge in [-0.25, -0.2) is 0 Å². The zero-order chi connectivity index (χ0) is 41.1. The van der Waals surface area contributed by atoms with Gasteiger partial charge in [0.1, 0.15) is 0 Å². The van der Waals surface area contributed by atoms with Crippen LogP contribution < -0.4 is 41.5 Å². The number of unbranched alkanes of at least 4 members (excludes halogenated alkanes) is 3. The summed E-state index contributed by atoms with van der Waals surface area (Å²) in [5, 5.41) is 10.3. The fourth-order valence-corrected chi connectivity index (χ4v) is 19.7. The predicted molar refractivity (Wildman–Crippen MR) is 262 cm³/mol. The quantitative estimate of drug-likeness (QED) is 0.0543. The monoisotopic (exact) mass is 844 g/mol. The summed E-state index contributed by atoms with van der Waals surface area (Å²) >= 11 is 0. The van der Waals surface area contributed by atoms with E-state index >= 15 is 0 Å². The third-order valence-corrected chi connectivity index (χ3v) is 22.2. The lowest BCUT2D eigenvalue weighted by molar-refractivity contribution is 0.628. The van der Waals surface area contributed by atoms with Gasteiger partial charge >= 0.3 is 0 Å². The molecule has 6 heteroatoms. The number of hydrogen-bond donors (Lipinski definition) is 0. The van der Waals surface area contributed by atoms with Gasteiger partial charge in [0.05, 0.1) is 0 Å². The molecule has 8 rings (SSSR count). The van der Waals surface area contributed by atoms with Crippen molar-refractivity contribution in [1.82, 2.24) is 0 Å². The van der Waals surface area contributed by atoms with Crippen LogP contribution in [0, 0.1) is 0 Å². The van der Waals surface area contributed by atoms with Gasteiger partial charge in [-0.05, 0) is 59.9 Å². The molecular formula is C54H52O2Si4. The van der Waals surface area contributed by atoms with Crippen molar-refractivity contribution in [2.75, 3.05) is 0 Å². The summed E-state index contributed by atoms with van der Waals surface area (Å²) in [5.74, 6) is 0. The lowest BCUT2D eigenvalue weighted by Crippen LogP contribution is -2.71. The van der Waals surface area contributed by atoms with E-state index in [2.05, 4.69) is 237 Å². The molecule has 0 spiro atoms. The third-order valence-electron chi connectivity index (χ3n) is 10.8. The zero-order valence-corrected chi connectivity index (χ0v) is 38.4. The number of hydrogen-bond acceptors (Lipinski definition) is 2. The van der Waals surface area contributed by atoms with Crippen LogP contribution in [0.2, 0.25) is 0 Å². The van der Waals surface area contributed by atoms with Crippen molar-refractivity contribution >= 4 is 77.7 Å². The molecule has 0 aliphatic heterocycles. The Balaban J connectivity index is 0.000000185. The molecule has 0 N–H and O–H groups in total. The van der Waals surface area contributed by atoms with E-state index in [1.54, 1.807) is 0 Å². The molecule has 0 atom stereocenters. The second kappa shape index (κ2) is 22.2. The standard InChI is InChI=1S/C30H32OSi2.C24H20OSi2/c1-2-3-4-8-17-26-18-15-16-25-30(26)33(28-21-11-6-12-22-28,29-23-13-7-14-24-29)31-32-27-19-9-5-10-20-27;1-5-13-21(14-6-1)26-25-27(22-15-7-2-8-16-22,23-17-9-3-10-18-23)24-19-11-4-12-20-24/h5-7,9-16,18-25H,2-4,8,17H2,1H3;1-20H. The molecule has 0 bridgehead atoms. The maximum Gasteiger partial charge on any atom is 0.278 e. The first-order valence-electron chi connectivity index (χ1n) is 21.1. The van der Waals surface area contributed by atoms with Crippen LogP contribution in [0.3, 0.4) is 0 Å². The molecule has 0 aliphatic rings. The van der Waals surface area contributed by atoms with Crippen LogP contribution >= 0.6 is 0 Å². The van der Waals surface area contributed by atoms with Crippen molar-refractivity contribution in [3.05, 3.63) is 242 Å². The molecule has 8 aromatic carbocycles. The summed E-state index contributed by atoms with van der Waals surface area (Å²) < 4.78 is 14.1. The lowest BCUT2D eigenvalue weighted by atomic mass is 10.1. The topological polar surface area (TPSA) is 18.5 Å². The summed E-state index contributed by atoms with van der Waals surface area (Å²) in [7, 11) is -4.71. The summed E-state index contributed by atoms with van der Waals surface area (Å²) in [6.07, 6.45) is 6.16. The largest absolute Gasteiger partial charge is 0.442 e. The average molecular weight is 845 g/mol. The third kappa shape index (κ3) is 10.5. The van der Waals surface area contributed by atoms with Crippen LogP contribution in [-0.4, -0.2) is 36.2 Å². The minimum atomic E-state index is -2.71. The van der Waals surface area contributed by atoms with Gasteiger partial charge in [-0.3, -0.25) is 0 Å². The van der Waals surface area contributed by atoms with E-state index in [1.807, 2.05) is 6.07 Å². The van der Waals surface area contributed by atoms with Gasteiger partial charge in [-0.2, -0.15) is 0 Å². The van der Waals surface area contributed by atoms with Gasteiger partial charge in [0.2, 0.25) is 0 Å². The van der Waals surface area contributed by atoms with E-state index in [0.29, 0.717) is 19.5 Å². The van der Waals surface area contributed by atoms with Crippen LogP contribution in [0.4, 0.5) is 0 Å². The Morgan fingerprint density at radius 3 is 1.03 bits per heavy atom. The zero-order valence-electron chi connectivity index (χ0n) is 34.4. The predicted octanol–water partition coefficient (Wildman–Crippen LogP) is 7.35. The molecule has 0 aromatic heterocycles. The minimum Gasteiger partial charge on any atom is -0.442 e. The highest BCUT2D eigenvalue weighted by molar-refractivity contribution is 7.10. The van der Waals surface area contributed by atoms with Crippen molar-refractivity contribution < 1.29 is 8.23 Å². The van der Waals surface area contributed by atoms with Crippen LogP contribution in [0.15, 0.2) is 237 Å². The summed E-state index contributed by atoms with van der Waals surface area (Å²) in [6, 6.07) is 84.1. The maximum atomic E-state index is 7.21. The van der Waals surface area contributed by atoms with Crippen molar-refractivity contribution in [3.8, 4) is 0 Å². The Bertz CT molecular complexity index is 2270. The first kappa shape index (κ1) is 42.7. The van der Waals surface area contributed by atoms with E-state index in [0.717, 1.165) is 6.42 Å². The second-order valence-electron chi connectivity index (χ2n) is 14.8. The van der Waals surface area contributed by atoms with Gasteiger partial charge in [-0.1, -0.05) is 263 Å². The van der Waals surface area contributed by atoms with E-state index in [4.69, 9.17) is 8.23 Å². The lowest BCUT2D eigenvalue weighted by Gasteiger charge is -2.35. The van der Waals surface area contributed by atoms with Crippen molar-refractivity contribution in [2.24, 2.45) is 0 Å². The Morgan fingerprint density at radius 1 is 0.333 bits per heavy atom. The SMILES string of the molecule is CCCCCCc1ccccc1[Si](O[Si]c1ccccc1)(c1ccccc1)c1ccccc1.c1ccc([Si]O[Si](c2ccccc2)(c2ccccc2)c2ccccc2)cc1. The van der Waals surface area contributed by atoms with Gasteiger partial charge < -0.3 is 8.23 Å². The smallest absolute Gasteiger partial charge is 0.278 e. The molecule has 0 saturated carbocycles. The fraction of sp³-hybridized carbons (Fsp3) is 0.111. The normalized spacial score (nSPS) is 11.3. The molecule has 296 valence electrons. The molecule has 0 unspecified atom stereocenters. The van der Waals surface area contributed by atoms with Crippen LogP contribution in [-0.2, 0) is 14.7 Å². The Labute approximate surface area is 365 Å². The molecule has 0 amide bonds. The number of aryl methyl sites for hydroxylation is 1. The van der Waals surface area contributed by atoms with Crippen molar-refractivity contribution in [2.45, 2.75) is 39.0 Å². The Kier molecular flexibility index (Phi) is 15.8. The van der Waals surface area contributed by atoms with Crippen molar-refractivity contribution in [3.63, 3.8) is 0 Å². The Morgan fingerprint density at radius 2 is 0.650 bits per heavy atom. The molecule has 2 nitrogen and oxygen atoms in total. The molecule has 0 saturated heterocycles. The van der Waals surface area contributed by atoms with E-state index in [-0.39, 0.29) is 0 Å². The fourth-order valence-electron chi connectivity index (χ4n) is 7.80. The van der Waals surface area contributed by atoms with E-state index in [9.17, 15) is 0 Å². The molecule has 0 fully saturated rings. The molecule has 8 aromatic rings. The van der Waals surface area contributed by atoms with Crippen LogP contribution in [0.5, 0.6) is 0 Å². The summed E-state index contributed by atoms with van der Waals surface area (Å²) in [6.45, 7) is 2.27. The first-order valence-corrected chi connectivity index (χ1v) is 26.7. The number of benzene rings is 8. The van der Waals surface area contributed by atoms with Gasteiger partial charge in [0.15, 0.2) is 0 Å². The molecule has 0 aliphatic carbocycles. The van der Waals surface area contributed by atoms with Crippen LogP contribution in [0.1, 0.15) is 38.2 Å².